The Labute approximate surface area is 93.2 Å². The maximum Gasteiger partial charge on any atom is 0.152 e. The smallest absolute Gasteiger partial charge is 0.152 e. The van der Waals surface area contributed by atoms with E-state index < -0.39 is 0 Å². The zero-order valence-corrected chi connectivity index (χ0v) is 9.54. The number of halogens is 2. The van der Waals surface area contributed by atoms with E-state index in [1.54, 1.807) is 0 Å². The largest absolute Gasteiger partial charge is 0.366 e. The lowest BCUT2D eigenvalue weighted by Crippen LogP contribution is -2.10. The molecule has 1 aliphatic heterocycles. The zero-order valence-electron chi connectivity index (χ0n) is 6.38. The predicted octanol–water partition coefficient (Wildman–Crippen LogP) is 3.15. The summed E-state index contributed by atoms with van der Waals surface area (Å²) in [7, 11) is 0. The van der Waals surface area contributed by atoms with E-state index in [2.05, 4.69) is 21.2 Å². The monoisotopic (exact) mass is 277 g/mol. The minimum Gasteiger partial charge on any atom is -0.366 e. The van der Waals surface area contributed by atoms with Crippen molar-refractivity contribution in [3.8, 4) is 0 Å². The number of rotatable bonds is 1. The van der Waals surface area contributed by atoms with Crippen molar-refractivity contribution in [2.75, 3.05) is 5.32 Å². The summed E-state index contributed by atoms with van der Waals surface area (Å²) in [6, 6.07) is 3.74. The molecule has 0 radical (unpaired) electrons. The van der Waals surface area contributed by atoms with Crippen LogP contribution in [0, 0.1) is 0 Å². The Morgan fingerprint density at radius 3 is 3.08 bits per heavy atom. The van der Waals surface area contributed by atoms with Crippen molar-refractivity contribution < 1.29 is 4.79 Å². The molecule has 0 saturated heterocycles. The SMILES string of the molecule is O=CC1Nc2cc(Br)cc(Cl)c2S1. The summed E-state index contributed by atoms with van der Waals surface area (Å²) in [4.78, 5) is 11.5. The molecule has 1 heterocycles. The van der Waals surface area contributed by atoms with Crippen LogP contribution >= 0.6 is 39.3 Å². The van der Waals surface area contributed by atoms with Crippen LogP contribution in [0.4, 0.5) is 5.69 Å². The molecule has 2 rings (SSSR count). The number of benzene rings is 1. The number of fused-ring (bicyclic) bond motifs is 1. The van der Waals surface area contributed by atoms with Crippen molar-refractivity contribution in [3.63, 3.8) is 0 Å². The molecule has 1 aromatic carbocycles. The molecule has 1 aromatic rings. The third kappa shape index (κ3) is 1.71. The Morgan fingerprint density at radius 2 is 2.38 bits per heavy atom. The Kier molecular flexibility index (Phi) is 2.53. The molecule has 5 heteroatoms. The Morgan fingerprint density at radius 1 is 1.62 bits per heavy atom. The second-order valence-corrected chi connectivity index (χ2v) is 5.06. The van der Waals surface area contributed by atoms with E-state index in [4.69, 9.17) is 11.6 Å². The molecule has 1 aliphatic rings. The van der Waals surface area contributed by atoms with Crippen LogP contribution in [0.1, 0.15) is 0 Å². The molecule has 0 saturated carbocycles. The van der Waals surface area contributed by atoms with E-state index in [-0.39, 0.29) is 5.37 Å². The van der Waals surface area contributed by atoms with Crippen molar-refractivity contribution in [3.05, 3.63) is 21.6 Å². The molecule has 0 aromatic heterocycles. The van der Waals surface area contributed by atoms with Crippen LogP contribution in [-0.2, 0) is 4.79 Å². The minimum absolute atomic E-state index is 0.207. The molecule has 1 atom stereocenters. The fourth-order valence-electron chi connectivity index (χ4n) is 1.16. The van der Waals surface area contributed by atoms with Crippen LogP contribution in [0.5, 0.6) is 0 Å². The van der Waals surface area contributed by atoms with Gasteiger partial charge in [0.05, 0.1) is 15.6 Å². The first kappa shape index (κ1) is 9.37. The first-order valence-corrected chi connectivity index (χ1v) is 5.63. The van der Waals surface area contributed by atoms with Gasteiger partial charge >= 0.3 is 0 Å². The summed E-state index contributed by atoms with van der Waals surface area (Å²) in [6.07, 6.45) is 0.870. The first-order chi connectivity index (χ1) is 6.20. The highest BCUT2D eigenvalue weighted by molar-refractivity contribution is 9.10. The highest BCUT2D eigenvalue weighted by atomic mass is 79.9. The molecule has 0 fully saturated rings. The van der Waals surface area contributed by atoms with E-state index in [0.29, 0.717) is 5.02 Å². The minimum atomic E-state index is -0.207. The average Bonchev–Trinajstić information content (AvgIpc) is 2.47. The lowest BCUT2D eigenvalue weighted by atomic mass is 10.3. The van der Waals surface area contributed by atoms with Crippen LogP contribution in [-0.4, -0.2) is 11.7 Å². The van der Waals surface area contributed by atoms with Crippen molar-refractivity contribution in [2.24, 2.45) is 0 Å². The fraction of sp³-hybridized carbons (Fsp3) is 0.125. The number of carbonyl (C=O) groups is 1. The fourth-order valence-corrected chi connectivity index (χ4v) is 3.01. The van der Waals surface area contributed by atoms with Gasteiger partial charge in [0, 0.05) is 4.47 Å². The summed E-state index contributed by atoms with van der Waals surface area (Å²) < 4.78 is 0.913. The molecule has 1 N–H and O–H groups in total. The van der Waals surface area contributed by atoms with E-state index in [0.717, 1.165) is 21.3 Å². The quantitative estimate of drug-likeness (QED) is 0.800. The van der Waals surface area contributed by atoms with Crippen LogP contribution in [0.15, 0.2) is 21.5 Å². The van der Waals surface area contributed by atoms with E-state index in [1.807, 2.05) is 12.1 Å². The number of anilines is 1. The van der Waals surface area contributed by atoms with Crippen molar-refractivity contribution in [2.45, 2.75) is 10.3 Å². The predicted molar refractivity (Wildman–Crippen MR) is 58.5 cm³/mol. The number of hydrogen-bond acceptors (Lipinski definition) is 3. The normalized spacial score (nSPS) is 19.4. The molecular weight excluding hydrogens is 274 g/mol. The van der Waals surface area contributed by atoms with Crippen molar-refractivity contribution >= 4 is 51.3 Å². The summed E-state index contributed by atoms with van der Waals surface area (Å²) in [5.74, 6) is 0. The summed E-state index contributed by atoms with van der Waals surface area (Å²) in [5.41, 5.74) is 0.918. The second-order valence-electron chi connectivity index (χ2n) is 2.58. The van der Waals surface area contributed by atoms with Crippen LogP contribution in [0.25, 0.3) is 0 Å². The maximum atomic E-state index is 10.5. The molecule has 2 nitrogen and oxygen atoms in total. The summed E-state index contributed by atoms with van der Waals surface area (Å²) in [5, 5.41) is 3.51. The van der Waals surface area contributed by atoms with Crippen molar-refractivity contribution in [1.29, 1.82) is 0 Å². The average molecular weight is 279 g/mol. The molecule has 0 spiro atoms. The Bertz CT molecular complexity index is 371. The zero-order chi connectivity index (χ0) is 9.42. The van der Waals surface area contributed by atoms with Crippen LogP contribution < -0.4 is 5.32 Å². The van der Waals surface area contributed by atoms with E-state index in [9.17, 15) is 4.79 Å². The Balaban J connectivity index is 2.45. The van der Waals surface area contributed by atoms with E-state index in [1.165, 1.54) is 11.8 Å². The van der Waals surface area contributed by atoms with Gasteiger partial charge in [-0.25, -0.2) is 0 Å². The molecule has 13 heavy (non-hydrogen) atoms. The number of nitrogens with one attached hydrogen (secondary N) is 1. The third-order valence-electron chi connectivity index (χ3n) is 1.67. The van der Waals surface area contributed by atoms with Gasteiger partial charge < -0.3 is 10.1 Å². The number of aldehydes is 1. The molecule has 68 valence electrons. The van der Waals surface area contributed by atoms with Gasteiger partial charge in [-0.2, -0.15) is 0 Å². The van der Waals surface area contributed by atoms with Crippen LogP contribution in [0.2, 0.25) is 5.02 Å². The van der Waals surface area contributed by atoms with Crippen LogP contribution in [0.3, 0.4) is 0 Å². The highest BCUT2D eigenvalue weighted by Gasteiger charge is 2.23. The third-order valence-corrected chi connectivity index (χ3v) is 3.70. The number of hydrogen-bond donors (Lipinski definition) is 1. The molecule has 0 bridgehead atoms. The lowest BCUT2D eigenvalue weighted by Gasteiger charge is -2.01. The maximum absolute atomic E-state index is 10.5. The van der Waals surface area contributed by atoms with Gasteiger partial charge in [0.15, 0.2) is 6.29 Å². The van der Waals surface area contributed by atoms with Crippen molar-refractivity contribution in [1.82, 2.24) is 0 Å². The van der Waals surface area contributed by atoms with Gasteiger partial charge in [0.2, 0.25) is 0 Å². The summed E-state index contributed by atoms with van der Waals surface area (Å²) in [6.45, 7) is 0. The van der Waals surface area contributed by atoms with Gasteiger partial charge in [-0.1, -0.05) is 39.3 Å². The van der Waals surface area contributed by atoms with E-state index >= 15 is 0 Å². The topological polar surface area (TPSA) is 29.1 Å². The van der Waals surface area contributed by atoms with Gasteiger partial charge in [-0.05, 0) is 12.1 Å². The number of carbonyl (C=O) groups excluding carboxylic acids is 1. The molecule has 0 amide bonds. The second kappa shape index (κ2) is 3.52. The highest BCUT2D eigenvalue weighted by Crippen LogP contribution is 2.43. The lowest BCUT2D eigenvalue weighted by molar-refractivity contribution is -0.107. The summed E-state index contributed by atoms with van der Waals surface area (Å²) >= 11 is 10.8. The molecule has 1 unspecified atom stereocenters. The van der Waals surface area contributed by atoms with Gasteiger partial charge in [-0.3, -0.25) is 0 Å². The molecular formula is C8H5BrClNOS. The van der Waals surface area contributed by atoms with Gasteiger partial charge in [0.1, 0.15) is 5.37 Å². The molecule has 0 aliphatic carbocycles. The van der Waals surface area contributed by atoms with Gasteiger partial charge in [0.25, 0.3) is 0 Å². The first-order valence-electron chi connectivity index (χ1n) is 3.58. The van der Waals surface area contributed by atoms with Gasteiger partial charge in [-0.15, -0.1) is 0 Å². The Hall–Kier alpha value is -0.190. The standard InChI is InChI=1S/C8H5BrClNOS/c9-4-1-5(10)8-6(2-4)11-7(3-12)13-8/h1-3,7,11H. The number of thioether (sulfide) groups is 1.